The molecule has 0 aliphatic heterocycles. The van der Waals surface area contributed by atoms with Crippen LogP contribution in [0.2, 0.25) is 0 Å². The Morgan fingerprint density at radius 1 is 0.125 bits per heavy atom. The third-order valence-corrected chi connectivity index (χ3v) is 0. The molecule has 0 aromatic heterocycles. The second-order valence-corrected chi connectivity index (χ2v) is 0. The van der Waals surface area contributed by atoms with E-state index in [4.69, 9.17) is 0 Å². The van der Waals surface area contributed by atoms with E-state index in [1.54, 1.807) is 0 Å². The molecule has 0 heterocycles. The van der Waals surface area contributed by atoms with E-state index in [9.17, 15) is 0 Å². The van der Waals surface area contributed by atoms with Crippen molar-refractivity contribution in [2.45, 2.75) is 0 Å². The van der Waals surface area contributed by atoms with E-state index >= 15 is 0 Å². The van der Waals surface area contributed by atoms with Crippen LogP contribution in [0.5, 0.6) is 0 Å². The molecule has 0 atom stereocenters. The van der Waals surface area contributed by atoms with Crippen molar-refractivity contribution >= 4 is 48.9 Å². The van der Waals surface area contributed by atoms with Gasteiger partial charge in [0, 0.05) is 0 Å². The Morgan fingerprint density at radius 3 is 0.125 bits per heavy atom. The normalized spacial score (nSPS) is 0. The van der Waals surface area contributed by atoms with E-state index in [1.807, 2.05) is 0 Å². The molecular weight excluding hydrogens is 1110 g/mol. The van der Waals surface area contributed by atoms with Gasteiger partial charge in [0.25, 0.3) is 0 Å². The Morgan fingerprint density at radius 2 is 0.125 bits per heavy atom. The summed E-state index contributed by atoms with van der Waals surface area (Å²) >= 11 is 0. The molecule has 0 rings (SSSR count). The maximum atomic E-state index is 0. The minimum atomic E-state index is 0. The Kier molecular flexibility index (Phi) is 37400. The molecule has 0 saturated heterocycles. The first-order valence-electron chi connectivity index (χ1n) is 0. The topological polar surface area (TPSA) is 560 Å². The molecule has 0 radical (unpaired) electrons. The summed E-state index contributed by atoms with van der Waals surface area (Å²) in [7, 11) is 0. The standard InChI is InChI=1S/Ba.12Fe.6H2O.13O/h;;;;;;;;;;;;;6*1H2;;;;;;;;;;;;;/q13*+2;;;;;;;13*-2. The molecule has 0 saturated carbocycles. The van der Waals surface area contributed by atoms with E-state index in [1.165, 1.54) is 0 Å². The van der Waals surface area contributed by atoms with E-state index in [-0.39, 0.29) is 358 Å². The molecular formula is H12BaFe12O19. The SMILES string of the molecule is O.O.O.O.O.O.[Ba+2].[Fe+2].[Fe+2].[Fe+2].[Fe+2].[Fe+2].[Fe+2].[Fe+2].[Fe+2].[Fe+2].[Fe+2].[Fe+2].[Fe+2].[O-2].[O-2].[O-2].[O-2].[O-2].[O-2].[O-2].[O-2].[O-2].[O-2].[O-2].[O-2].[O-2]. The average molecular weight is 1120 g/mol. The summed E-state index contributed by atoms with van der Waals surface area (Å²) < 4.78 is 0. The first-order chi connectivity index (χ1) is 0. The molecule has 0 bridgehead atoms. The van der Waals surface area contributed by atoms with Crippen LogP contribution in [-0.2, 0) is 276 Å². The minimum absolute atomic E-state index is 0. The van der Waals surface area contributed by atoms with Crippen molar-refractivity contribution in [2.75, 3.05) is 0 Å². The van der Waals surface area contributed by atoms with Crippen molar-refractivity contribution in [3.8, 4) is 0 Å². The van der Waals surface area contributed by atoms with Gasteiger partial charge in [-0.3, -0.25) is 0 Å². The zero-order valence-electron chi connectivity index (χ0n) is 13.3. The van der Waals surface area contributed by atoms with Gasteiger partial charge in [-0.15, -0.1) is 0 Å². The second-order valence-electron chi connectivity index (χ2n) is 0. The van der Waals surface area contributed by atoms with Crippen molar-refractivity contribution in [1.82, 2.24) is 0 Å². The van der Waals surface area contributed by atoms with Gasteiger partial charge in [0.05, 0.1) is 0 Å². The third-order valence-electron chi connectivity index (χ3n) is 0. The summed E-state index contributed by atoms with van der Waals surface area (Å²) in [4.78, 5) is 0. The molecule has 0 amide bonds. The summed E-state index contributed by atoms with van der Waals surface area (Å²) in [6, 6.07) is 0. The first-order valence-corrected chi connectivity index (χ1v) is 0. The summed E-state index contributed by atoms with van der Waals surface area (Å²) in [5, 5.41) is 0. The third kappa shape index (κ3) is 970. The number of rotatable bonds is 0. The van der Waals surface area contributed by atoms with E-state index in [2.05, 4.69) is 0 Å². The summed E-state index contributed by atoms with van der Waals surface area (Å²) in [5.74, 6) is 0. The fraction of sp³-hybridized carbons (Fsp3) is 0. The van der Waals surface area contributed by atoms with Gasteiger partial charge >= 0.3 is 254 Å². The van der Waals surface area contributed by atoms with Crippen LogP contribution in [0.25, 0.3) is 0 Å². The van der Waals surface area contributed by atoms with E-state index < -0.39 is 0 Å². The molecule has 12 N–H and O–H groups in total. The van der Waals surface area contributed by atoms with Crippen LogP contribution in [0.3, 0.4) is 0 Å². The predicted molar refractivity (Wildman–Crippen MR) is 36.4 cm³/mol. The minimum Gasteiger partial charge on any atom is -2.00 e. The van der Waals surface area contributed by atoms with Gasteiger partial charge in [0.2, 0.25) is 0 Å². The average Bonchev–Trinajstić information content (AvgIpc) is 0. The van der Waals surface area contributed by atoms with Crippen LogP contribution in [0.15, 0.2) is 0 Å². The summed E-state index contributed by atoms with van der Waals surface area (Å²) in [6.07, 6.45) is 0. The second kappa shape index (κ2) is 1050. The number of hydrogen-bond acceptors (Lipinski definition) is 0. The van der Waals surface area contributed by atoms with Crippen molar-refractivity contribution < 1.29 is 309 Å². The molecule has 19 nitrogen and oxygen atoms in total. The fourth-order valence-corrected chi connectivity index (χ4v) is 0. The van der Waals surface area contributed by atoms with Gasteiger partial charge in [-0.2, -0.15) is 0 Å². The Labute approximate surface area is 351 Å². The Balaban J connectivity index is 0. The van der Waals surface area contributed by atoms with Gasteiger partial charge in [-0.05, 0) is 0 Å². The fourth-order valence-electron chi connectivity index (χ4n) is 0. The molecule has 0 aliphatic rings. The van der Waals surface area contributed by atoms with Crippen molar-refractivity contribution in [3.63, 3.8) is 0 Å². The largest absolute Gasteiger partial charge is 2.00 e. The van der Waals surface area contributed by atoms with Gasteiger partial charge in [-0.25, -0.2) is 0 Å². The van der Waals surface area contributed by atoms with E-state index in [0.29, 0.717) is 0 Å². The van der Waals surface area contributed by atoms with Gasteiger partial charge < -0.3 is 104 Å². The Bertz CT molecular complexity index is 36.3. The molecule has 0 fully saturated rings. The molecule has 32 heteroatoms. The summed E-state index contributed by atoms with van der Waals surface area (Å²) in [6.45, 7) is 0. The monoisotopic (exact) mass is 1130 g/mol. The molecule has 0 unspecified atom stereocenters. The molecule has 0 aliphatic carbocycles. The van der Waals surface area contributed by atoms with Crippen molar-refractivity contribution in [1.29, 1.82) is 0 Å². The predicted octanol–water partition coefficient (Wildman–Crippen LogP) is -6.90. The zero-order valence-corrected chi connectivity index (χ0v) is 30.9. The Hall–Kier alpha value is 7.05. The van der Waals surface area contributed by atoms with Crippen molar-refractivity contribution in [3.05, 3.63) is 0 Å². The van der Waals surface area contributed by atoms with E-state index in [0.717, 1.165) is 0 Å². The van der Waals surface area contributed by atoms with Crippen LogP contribution in [-0.4, -0.2) is 81.7 Å². The molecule has 224 valence electrons. The van der Waals surface area contributed by atoms with Gasteiger partial charge in [0.15, 0.2) is 0 Å². The molecule has 0 aromatic carbocycles. The van der Waals surface area contributed by atoms with Gasteiger partial charge in [0.1, 0.15) is 0 Å². The van der Waals surface area contributed by atoms with Crippen LogP contribution < -0.4 is 0 Å². The first kappa shape index (κ1) is 1140. The number of hydrogen-bond donors (Lipinski definition) is 0. The zero-order chi connectivity index (χ0) is 0. The molecule has 0 spiro atoms. The summed E-state index contributed by atoms with van der Waals surface area (Å²) in [5.41, 5.74) is 0. The molecule has 32 heavy (non-hydrogen) atoms. The molecule has 0 aromatic rings. The maximum Gasteiger partial charge on any atom is 2.00 e. The van der Waals surface area contributed by atoms with Crippen molar-refractivity contribution in [2.24, 2.45) is 0 Å². The smallest absolute Gasteiger partial charge is 2.00 e. The van der Waals surface area contributed by atoms with Gasteiger partial charge in [-0.1, -0.05) is 0 Å². The van der Waals surface area contributed by atoms with Crippen LogP contribution in [0.4, 0.5) is 0 Å². The maximum absolute atomic E-state index is 0. The van der Waals surface area contributed by atoms with Crippen LogP contribution in [0, 0.1) is 0 Å². The van der Waals surface area contributed by atoms with Crippen LogP contribution in [0.1, 0.15) is 0 Å². The van der Waals surface area contributed by atoms with Crippen LogP contribution >= 0.6 is 0 Å². The quantitative estimate of drug-likeness (QED) is 0.204.